The van der Waals surface area contributed by atoms with Crippen molar-refractivity contribution in [3.05, 3.63) is 65.7 Å². The van der Waals surface area contributed by atoms with Gasteiger partial charge in [-0.1, -0.05) is 42.5 Å². The van der Waals surface area contributed by atoms with Crippen LogP contribution in [0.1, 0.15) is 63.6 Å². The first-order valence-electron chi connectivity index (χ1n) is 12.6. The van der Waals surface area contributed by atoms with Gasteiger partial charge in [0.2, 0.25) is 17.7 Å². The van der Waals surface area contributed by atoms with Crippen LogP contribution in [0, 0.1) is 0 Å². The summed E-state index contributed by atoms with van der Waals surface area (Å²) >= 11 is 0. The predicted molar refractivity (Wildman–Crippen MR) is 141 cm³/mol. The molecule has 4 amide bonds. The number of hydrogen-bond acceptors (Lipinski definition) is 6. The molecule has 1 saturated carbocycles. The fourth-order valence-electron chi connectivity index (χ4n) is 4.06. The summed E-state index contributed by atoms with van der Waals surface area (Å²) in [5, 5.41) is 15.6. The van der Waals surface area contributed by atoms with E-state index in [0.29, 0.717) is 18.4 Å². The number of rotatable bonds is 11. The summed E-state index contributed by atoms with van der Waals surface area (Å²) in [7, 11) is 0. The number of carbonyl (C=O) groups excluding carboxylic acids is 4. The zero-order chi connectivity index (χ0) is 27.9. The van der Waals surface area contributed by atoms with Gasteiger partial charge in [-0.3, -0.25) is 14.4 Å². The zero-order valence-corrected chi connectivity index (χ0v) is 22.0. The number of benzene rings is 2. The summed E-state index contributed by atoms with van der Waals surface area (Å²) in [5.41, 5.74) is 5.82. The first-order valence-corrected chi connectivity index (χ1v) is 12.6. The topological polar surface area (TPSA) is 151 Å². The summed E-state index contributed by atoms with van der Waals surface area (Å²) in [6.45, 7) is 5.32. The van der Waals surface area contributed by atoms with Crippen LogP contribution in [0.2, 0.25) is 0 Å². The number of carbonyl (C=O) groups is 4. The molecule has 0 aliphatic heterocycles. The maximum atomic E-state index is 14.0. The molecule has 204 valence electrons. The Morgan fingerprint density at radius 2 is 1.76 bits per heavy atom. The van der Waals surface area contributed by atoms with Crippen molar-refractivity contribution in [1.29, 1.82) is 0 Å². The van der Waals surface area contributed by atoms with E-state index in [-0.39, 0.29) is 31.2 Å². The van der Waals surface area contributed by atoms with Crippen LogP contribution < -0.4 is 16.4 Å². The van der Waals surface area contributed by atoms with Crippen molar-refractivity contribution in [2.24, 2.45) is 5.73 Å². The first-order chi connectivity index (χ1) is 17.9. The van der Waals surface area contributed by atoms with Gasteiger partial charge in [-0.25, -0.2) is 4.79 Å². The normalized spacial score (nSPS) is 14.6. The number of phenolic OH excluding ortho intramolecular Hbond substituents is 1. The van der Waals surface area contributed by atoms with E-state index in [4.69, 9.17) is 10.5 Å². The van der Waals surface area contributed by atoms with Gasteiger partial charge in [-0.15, -0.1) is 0 Å². The quantitative estimate of drug-likeness (QED) is 0.355. The number of nitrogens with two attached hydrogens (primary N) is 1. The van der Waals surface area contributed by atoms with E-state index in [1.807, 2.05) is 30.3 Å². The summed E-state index contributed by atoms with van der Waals surface area (Å²) in [6.07, 6.45) is 0.305. The fraction of sp³-hybridized carbons (Fsp3) is 0.429. The Hall–Kier alpha value is -4.08. The number of phenols is 1. The van der Waals surface area contributed by atoms with Gasteiger partial charge in [0.1, 0.15) is 23.4 Å². The van der Waals surface area contributed by atoms with Crippen LogP contribution in [0.5, 0.6) is 5.75 Å². The number of amides is 4. The number of aromatic hydroxyl groups is 1. The molecule has 3 rings (SSSR count). The lowest BCUT2D eigenvalue weighted by atomic mass is 10.0. The second-order valence-electron chi connectivity index (χ2n) is 10.4. The molecule has 1 fully saturated rings. The highest BCUT2D eigenvalue weighted by Gasteiger charge is 2.44. The lowest BCUT2D eigenvalue weighted by Gasteiger charge is -2.34. The molecule has 1 aliphatic carbocycles. The molecule has 0 bridgehead atoms. The molecule has 0 aromatic heterocycles. The number of nitrogens with one attached hydrogen (secondary N) is 2. The Labute approximate surface area is 222 Å². The Bertz CT molecular complexity index is 1140. The van der Waals surface area contributed by atoms with Crippen LogP contribution in [-0.4, -0.2) is 51.5 Å². The Balaban J connectivity index is 1.93. The molecule has 5 N–H and O–H groups in total. The van der Waals surface area contributed by atoms with Crippen molar-refractivity contribution in [3.63, 3.8) is 0 Å². The molecule has 0 saturated heterocycles. The summed E-state index contributed by atoms with van der Waals surface area (Å²) in [5.74, 6) is -1.66. The van der Waals surface area contributed by atoms with E-state index in [1.54, 1.807) is 32.9 Å². The summed E-state index contributed by atoms with van der Waals surface area (Å²) < 4.78 is 5.33. The highest BCUT2D eigenvalue weighted by molar-refractivity contribution is 5.93. The number of hydrogen-bond donors (Lipinski definition) is 4. The fourth-order valence-corrected chi connectivity index (χ4v) is 4.06. The minimum atomic E-state index is -1.15. The lowest BCUT2D eigenvalue weighted by Crippen LogP contribution is -2.54. The smallest absolute Gasteiger partial charge is 0.408 e. The van der Waals surface area contributed by atoms with Crippen molar-refractivity contribution in [3.8, 4) is 5.75 Å². The van der Waals surface area contributed by atoms with Gasteiger partial charge in [-0.2, -0.15) is 0 Å². The SMILES string of the molecule is CC(C)(C)OC(=O)NC(CCC(N)=O)C(=O)N(C1CC1)C(C(=O)NCc1ccccc1)c1cccc(O)c1. The van der Waals surface area contributed by atoms with Gasteiger partial charge in [0, 0.05) is 19.0 Å². The number of nitrogens with zero attached hydrogens (tertiary/aromatic N) is 1. The lowest BCUT2D eigenvalue weighted by molar-refractivity contribution is -0.143. The van der Waals surface area contributed by atoms with Gasteiger partial charge >= 0.3 is 6.09 Å². The molecule has 10 heteroatoms. The number of alkyl carbamates (subject to hydrolysis) is 1. The predicted octanol–water partition coefficient (Wildman–Crippen LogP) is 2.90. The van der Waals surface area contributed by atoms with Gasteiger partial charge in [0.05, 0.1) is 0 Å². The van der Waals surface area contributed by atoms with Crippen LogP contribution in [0.3, 0.4) is 0 Å². The molecule has 38 heavy (non-hydrogen) atoms. The van der Waals surface area contributed by atoms with Crippen LogP contribution in [0.25, 0.3) is 0 Å². The maximum absolute atomic E-state index is 14.0. The van der Waals surface area contributed by atoms with Crippen LogP contribution in [-0.2, 0) is 25.7 Å². The van der Waals surface area contributed by atoms with Crippen molar-refractivity contribution < 1.29 is 29.0 Å². The number of ether oxygens (including phenoxy) is 1. The minimum absolute atomic E-state index is 0.0521. The third kappa shape index (κ3) is 8.50. The van der Waals surface area contributed by atoms with Crippen molar-refractivity contribution in [2.45, 2.75) is 76.7 Å². The van der Waals surface area contributed by atoms with Crippen molar-refractivity contribution in [2.75, 3.05) is 0 Å². The van der Waals surface area contributed by atoms with Crippen LogP contribution in [0.4, 0.5) is 4.79 Å². The number of primary amides is 1. The molecule has 1 aliphatic rings. The minimum Gasteiger partial charge on any atom is -0.508 e. The van der Waals surface area contributed by atoms with E-state index in [9.17, 15) is 24.3 Å². The van der Waals surface area contributed by atoms with Gasteiger partial charge in [0.15, 0.2) is 0 Å². The molecule has 2 aromatic carbocycles. The molecule has 0 radical (unpaired) electrons. The van der Waals surface area contributed by atoms with Crippen molar-refractivity contribution in [1.82, 2.24) is 15.5 Å². The molecule has 2 atom stereocenters. The summed E-state index contributed by atoms with van der Waals surface area (Å²) in [6, 6.07) is 13.0. The molecule has 0 spiro atoms. The van der Waals surface area contributed by atoms with Crippen LogP contribution in [0.15, 0.2) is 54.6 Å². The van der Waals surface area contributed by atoms with E-state index < -0.39 is 41.5 Å². The molecule has 2 aromatic rings. The third-order valence-corrected chi connectivity index (χ3v) is 5.89. The third-order valence-electron chi connectivity index (χ3n) is 5.89. The largest absolute Gasteiger partial charge is 0.508 e. The zero-order valence-electron chi connectivity index (χ0n) is 22.0. The molecule has 10 nitrogen and oxygen atoms in total. The highest BCUT2D eigenvalue weighted by Crippen LogP contribution is 2.36. The maximum Gasteiger partial charge on any atom is 0.408 e. The Morgan fingerprint density at radius 1 is 1.08 bits per heavy atom. The highest BCUT2D eigenvalue weighted by atomic mass is 16.6. The van der Waals surface area contributed by atoms with Crippen LogP contribution >= 0.6 is 0 Å². The van der Waals surface area contributed by atoms with Crippen molar-refractivity contribution >= 4 is 23.8 Å². The van der Waals surface area contributed by atoms with Gasteiger partial charge in [-0.05, 0) is 63.3 Å². The Kier molecular flexibility index (Phi) is 9.33. The van der Waals surface area contributed by atoms with E-state index in [0.717, 1.165) is 5.56 Å². The monoisotopic (exact) mass is 524 g/mol. The molecular formula is C28H36N4O6. The average molecular weight is 525 g/mol. The standard InChI is InChI=1S/C28H36N4O6/c1-28(2,3)38-27(37)31-22(14-15-23(29)34)26(36)32(20-12-13-20)24(19-10-7-11-21(33)16-19)25(35)30-17-18-8-5-4-6-9-18/h4-11,16,20,22,24,33H,12-15,17H2,1-3H3,(H2,29,34)(H,30,35)(H,31,37). The molecule has 2 unspecified atom stereocenters. The first kappa shape index (κ1) is 28.5. The van der Waals surface area contributed by atoms with E-state index in [1.165, 1.54) is 17.0 Å². The van der Waals surface area contributed by atoms with E-state index in [2.05, 4.69) is 10.6 Å². The van der Waals surface area contributed by atoms with Gasteiger partial charge < -0.3 is 31.1 Å². The van der Waals surface area contributed by atoms with E-state index >= 15 is 0 Å². The summed E-state index contributed by atoms with van der Waals surface area (Å²) in [4.78, 5) is 53.2. The van der Waals surface area contributed by atoms with Gasteiger partial charge in [0.25, 0.3) is 0 Å². The second-order valence-corrected chi connectivity index (χ2v) is 10.4. The average Bonchev–Trinajstić information content (AvgIpc) is 3.67. The second kappa shape index (κ2) is 12.4. The Morgan fingerprint density at radius 3 is 2.34 bits per heavy atom. The molecule has 0 heterocycles. The molecular weight excluding hydrogens is 488 g/mol.